The van der Waals surface area contributed by atoms with Gasteiger partial charge >= 0.3 is 5.97 Å². The van der Waals surface area contributed by atoms with Crippen molar-refractivity contribution in [3.63, 3.8) is 0 Å². The second-order valence-corrected chi connectivity index (χ2v) is 20.3. The minimum Gasteiger partial charge on any atom is -0.466 e. The van der Waals surface area contributed by atoms with Gasteiger partial charge in [-0.2, -0.15) is 0 Å². The van der Waals surface area contributed by atoms with Gasteiger partial charge in [0, 0.05) is 12.8 Å². The number of aliphatic hydroxyl groups is 2. The predicted molar refractivity (Wildman–Crippen MR) is 283 cm³/mol. The van der Waals surface area contributed by atoms with Crippen LogP contribution in [0.15, 0.2) is 12.2 Å². The highest BCUT2D eigenvalue weighted by atomic mass is 16.5. The number of rotatable bonds is 55. The number of carbonyl (C=O) groups excluding carboxylic acids is 2. The van der Waals surface area contributed by atoms with Gasteiger partial charge in [-0.15, -0.1) is 0 Å². The number of hydrogen-bond donors (Lipinski definition) is 3. The largest absolute Gasteiger partial charge is 0.466 e. The van der Waals surface area contributed by atoms with Gasteiger partial charge in [0.25, 0.3) is 0 Å². The Morgan fingerprint density at radius 1 is 0.415 bits per heavy atom. The van der Waals surface area contributed by atoms with Crippen molar-refractivity contribution < 1.29 is 24.5 Å². The highest BCUT2D eigenvalue weighted by Crippen LogP contribution is 2.17. The third-order valence-electron chi connectivity index (χ3n) is 13.8. The van der Waals surface area contributed by atoms with E-state index in [-0.39, 0.29) is 18.5 Å². The number of aliphatic hydroxyl groups excluding tert-OH is 2. The van der Waals surface area contributed by atoms with Gasteiger partial charge in [-0.25, -0.2) is 0 Å². The molecule has 0 aromatic carbocycles. The summed E-state index contributed by atoms with van der Waals surface area (Å²) in [4.78, 5) is 24.5. The normalized spacial score (nSPS) is 12.6. The quantitative estimate of drug-likeness (QED) is 0.0321. The highest BCUT2D eigenvalue weighted by Gasteiger charge is 2.18. The standard InChI is InChI=1S/C59H115NO5/c1-3-5-7-9-11-13-15-17-18-19-20-21-24-28-31-35-39-43-47-51-57(62)56(55-61)60-58(63)52-48-44-40-36-32-29-25-22-23-26-30-34-38-42-46-50-54-65-59(64)53-49-45-41-37-33-27-16-14-12-10-8-6-4-2/h47,51,56-57,61-62H,3-46,48-50,52-55H2,1-2H3,(H,60,63)/b51-47+. The van der Waals surface area contributed by atoms with Crippen molar-refractivity contribution in [3.8, 4) is 0 Å². The number of allylic oxidation sites excluding steroid dienone is 1. The van der Waals surface area contributed by atoms with Crippen LogP contribution >= 0.6 is 0 Å². The molecule has 386 valence electrons. The van der Waals surface area contributed by atoms with Gasteiger partial charge in [-0.05, 0) is 32.1 Å². The number of hydrogen-bond acceptors (Lipinski definition) is 5. The van der Waals surface area contributed by atoms with Crippen LogP contribution in [0.3, 0.4) is 0 Å². The second kappa shape index (κ2) is 55.2. The van der Waals surface area contributed by atoms with E-state index in [0.29, 0.717) is 19.4 Å². The first-order valence-corrected chi connectivity index (χ1v) is 29.5. The lowest BCUT2D eigenvalue weighted by atomic mass is 10.0. The Morgan fingerprint density at radius 3 is 1.05 bits per heavy atom. The lowest BCUT2D eigenvalue weighted by Gasteiger charge is -2.20. The number of carbonyl (C=O) groups is 2. The first-order valence-electron chi connectivity index (χ1n) is 29.5. The molecule has 6 heteroatoms. The van der Waals surface area contributed by atoms with Crippen LogP contribution in [0.5, 0.6) is 0 Å². The van der Waals surface area contributed by atoms with E-state index in [2.05, 4.69) is 19.2 Å². The Kier molecular flexibility index (Phi) is 54.0. The fourth-order valence-corrected chi connectivity index (χ4v) is 9.28. The summed E-state index contributed by atoms with van der Waals surface area (Å²) in [5, 5.41) is 23.2. The Morgan fingerprint density at radius 2 is 0.708 bits per heavy atom. The molecule has 1 amide bonds. The summed E-state index contributed by atoms with van der Waals surface area (Å²) in [6.45, 7) is 4.91. The SMILES string of the molecule is CCCCCCCCCCCCCCCCCCC/C=C/C(O)C(CO)NC(=O)CCCCCCCCCCCCCCCCCCOC(=O)CCCCCCCCCCCCCCC. The smallest absolute Gasteiger partial charge is 0.305 e. The van der Waals surface area contributed by atoms with Crippen LogP contribution in [0, 0.1) is 0 Å². The van der Waals surface area contributed by atoms with Gasteiger partial charge in [0.15, 0.2) is 0 Å². The zero-order valence-corrected chi connectivity index (χ0v) is 44.0. The summed E-state index contributed by atoms with van der Waals surface area (Å²) in [6, 6.07) is -0.632. The molecule has 0 saturated heterocycles. The number of esters is 1. The van der Waals surface area contributed by atoms with E-state index in [1.165, 1.54) is 257 Å². The molecule has 0 heterocycles. The highest BCUT2D eigenvalue weighted by molar-refractivity contribution is 5.76. The lowest BCUT2D eigenvalue weighted by molar-refractivity contribution is -0.143. The maximum Gasteiger partial charge on any atom is 0.305 e. The van der Waals surface area contributed by atoms with Crippen LogP contribution in [-0.2, 0) is 14.3 Å². The maximum absolute atomic E-state index is 12.5. The van der Waals surface area contributed by atoms with E-state index in [4.69, 9.17) is 4.74 Å². The Balaban J connectivity index is 3.45. The molecule has 0 aliphatic rings. The van der Waals surface area contributed by atoms with Crippen molar-refractivity contribution in [2.75, 3.05) is 13.2 Å². The van der Waals surface area contributed by atoms with E-state index in [9.17, 15) is 19.8 Å². The van der Waals surface area contributed by atoms with Crippen molar-refractivity contribution in [2.45, 2.75) is 341 Å². The second-order valence-electron chi connectivity index (χ2n) is 20.3. The minimum atomic E-state index is -0.848. The van der Waals surface area contributed by atoms with Crippen molar-refractivity contribution in [3.05, 3.63) is 12.2 Å². The predicted octanol–water partition coefficient (Wildman–Crippen LogP) is 18.1. The van der Waals surface area contributed by atoms with E-state index in [1.807, 2.05) is 6.08 Å². The summed E-state index contributed by atoms with van der Waals surface area (Å²) in [5.74, 6) is -0.0672. The van der Waals surface area contributed by atoms with Gasteiger partial charge in [-0.3, -0.25) is 9.59 Å². The number of unbranched alkanes of at least 4 members (excludes halogenated alkanes) is 44. The Bertz CT molecular complexity index is 970. The Hall–Kier alpha value is -1.40. The molecule has 0 aliphatic carbocycles. The Labute approximate surface area is 406 Å². The summed E-state index contributed by atoms with van der Waals surface area (Å²) in [6.07, 6.45) is 65.1. The molecule has 6 nitrogen and oxygen atoms in total. The topological polar surface area (TPSA) is 95.9 Å². The molecule has 2 unspecified atom stereocenters. The zero-order chi connectivity index (χ0) is 47.2. The first-order chi connectivity index (χ1) is 32.0. The molecule has 0 fully saturated rings. The van der Waals surface area contributed by atoms with E-state index < -0.39 is 12.1 Å². The molecular formula is C59H115NO5. The molecule has 2 atom stereocenters. The van der Waals surface area contributed by atoms with E-state index >= 15 is 0 Å². The van der Waals surface area contributed by atoms with E-state index in [1.54, 1.807) is 6.08 Å². The van der Waals surface area contributed by atoms with Gasteiger partial charge in [0.2, 0.25) is 5.91 Å². The minimum absolute atomic E-state index is 0.00437. The van der Waals surface area contributed by atoms with Crippen molar-refractivity contribution in [2.24, 2.45) is 0 Å². The zero-order valence-electron chi connectivity index (χ0n) is 44.0. The molecule has 0 rings (SSSR count). The fourth-order valence-electron chi connectivity index (χ4n) is 9.28. The van der Waals surface area contributed by atoms with Crippen LogP contribution in [0.1, 0.15) is 328 Å². The number of nitrogens with one attached hydrogen (secondary N) is 1. The van der Waals surface area contributed by atoms with Crippen LogP contribution in [0.25, 0.3) is 0 Å². The summed E-state index contributed by atoms with van der Waals surface area (Å²) >= 11 is 0. The molecule has 0 saturated carbocycles. The van der Waals surface area contributed by atoms with Gasteiger partial charge in [-0.1, -0.05) is 296 Å². The number of ether oxygens (including phenoxy) is 1. The molecule has 0 aliphatic heterocycles. The van der Waals surface area contributed by atoms with Gasteiger partial charge in [0.05, 0.1) is 25.4 Å². The average molecular weight is 919 g/mol. The summed E-state index contributed by atoms with van der Waals surface area (Å²) in [5.41, 5.74) is 0. The third-order valence-corrected chi connectivity index (χ3v) is 13.8. The summed E-state index contributed by atoms with van der Waals surface area (Å²) in [7, 11) is 0. The molecule has 0 aromatic heterocycles. The fraction of sp³-hybridized carbons (Fsp3) is 0.932. The third kappa shape index (κ3) is 51.8. The molecule has 3 N–H and O–H groups in total. The molecule has 0 radical (unpaired) electrons. The van der Waals surface area contributed by atoms with Crippen molar-refractivity contribution in [1.29, 1.82) is 0 Å². The van der Waals surface area contributed by atoms with Crippen molar-refractivity contribution in [1.82, 2.24) is 5.32 Å². The monoisotopic (exact) mass is 918 g/mol. The van der Waals surface area contributed by atoms with Crippen LogP contribution < -0.4 is 5.32 Å². The first kappa shape index (κ1) is 63.6. The molecule has 0 aromatic rings. The van der Waals surface area contributed by atoms with Gasteiger partial charge < -0.3 is 20.3 Å². The lowest BCUT2D eigenvalue weighted by Crippen LogP contribution is -2.45. The van der Waals surface area contributed by atoms with Crippen LogP contribution in [0.4, 0.5) is 0 Å². The van der Waals surface area contributed by atoms with E-state index in [0.717, 1.165) is 44.9 Å². The summed E-state index contributed by atoms with van der Waals surface area (Å²) < 4.78 is 5.47. The van der Waals surface area contributed by atoms with Crippen LogP contribution in [-0.4, -0.2) is 47.4 Å². The van der Waals surface area contributed by atoms with Crippen molar-refractivity contribution >= 4 is 11.9 Å². The number of amides is 1. The van der Waals surface area contributed by atoms with Gasteiger partial charge in [0.1, 0.15) is 0 Å². The maximum atomic E-state index is 12.5. The molecule has 0 spiro atoms. The molecular weight excluding hydrogens is 803 g/mol. The molecule has 65 heavy (non-hydrogen) atoms. The van der Waals surface area contributed by atoms with Crippen LogP contribution in [0.2, 0.25) is 0 Å². The average Bonchev–Trinajstić information content (AvgIpc) is 3.31. The molecule has 0 bridgehead atoms.